The van der Waals surface area contributed by atoms with E-state index in [4.69, 9.17) is 0 Å². The van der Waals surface area contributed by atoms with Gasteiger partial charge in [0.1, 0.15) is 0 Å². The summed E-state index contributed by atoms with van der Waals surface area (Å²) in [7, 11) is 0. The van der Waals surface area contributed by atoms with E-state index in [1.54, 1.807) is 11.1 Å². The minimum Gasteiger partial charge on any atom is -0.0616 e. The Morgan fingerprint density at radius 3 is 0.933 bits per heavy atom. The SMILES string of the molecule is CC(C)C1=C(C(C)C)C1(C(C)C)C(C)C. The summed E-state index contributed by atoms with van der Waals surface area (Å²) in [6.07, 6.45) is 0. The fourth-order valence-corrected chi connectivity index (χ4v) is 3.84. The summed E-state index contributed by atoms with van der Waals surface area (Å²) in [5, 5.41) is 0. The van der Waals surface area contributed by atoms with Crippen molar-refractivity contribution in [1.29, 1.82) is 0 Å². The molecule has 0 unspecified atom stereocenters. The van der Waals surface area contributed by atoms with E-state index in [9.17, 15) is 0 Å². The molecule has 0 saturated carbocycles. The normalized spacial score (nSPS) is 20.0. The Hall–Kier alpha value is -0.260. The molecule has 0 amide bonds. The van der Waals surface area contributed by atoms with Gasteiger partial charge in [0.2, 0.25) is 0 Å². The van der Waals surface area contributed by atoms with E-state index in [0.717, 1.165) is 23.7 Å². The molecule has 0 aliphatic heterocycles. The fraction of sp³-hybridized carbons (Fsp3) is 0.867. The van der Waals surface area contributed by atoms with E-state index in [0.29, 0.717) is 5.41 Å². The van der Waals surface area contributed by atoms with Crippen LogP contribution in [0.1, 0.15) is 55.4 Å². The van der Waals surface area contributed by atoms with Crippen LogP contribution in [0, 0.1) is 29.1 Å². The third-order valence-electron chi connectivity index (χ3n) is 4.10. The Balaban J connectivity index is 3.08. The average molecular weight is 208 g/mol. The summed E-state index contributed by atoms with van der Waals surface area (Å²) in [6, 6.07) is 0. The molecule has 0 heterocycles. The van der Waals surface area contributed by atoms with Crippen molar-refractivity contribution >= 4 is 0 Å². The molecule has 0 aromatic carbocycles. The van der Waals surface area contributed by atoms with Gasteiger partial charge in [0, 0.05) is 5.41 Å². The van der Waals surface area contributed by atoms with E-state index in [1.165, 1.54) is 0 Å². The van der Waals surface area contributed by atoms with Gasteiger partial charge in [0.15, 0.2) is 0 Å². The molecule has 0 nitrogen and oxygen atoms in total. The van der Waals surface area contributed by atoms with Crippen LogP contribution in [0.2, 0.25) is 0 Å². The third kappa shape index (κ3) is 1.66. The van der Waals surface area contributed by atoms with Crippen molar-refractivity contribution < 1.29 is 0 Å². The summed E-state index contributed by atoms with van der Waals surface area (Å²) in [4.78, 5) is 0. The Morgan fingerprint density at radius 2 is 0.867 bits per heavy atom. The van der Waals surface area contributed by atoms with Gasteiger partial charge in [-0.2, -0.15) is 0 Å². The average Bonchev–Trinajstić information content (AvgIpc) is 2.73. The Morgan fingerprint density at radius 1 is 0.600 bits per heavy atom. The molecule has 0 atom stereocenters. The predicted octanol–water partition coefficient (Wildman–Crippen LogP) is 4.91. The molecule has 0 saturated heterocycles. The van der Waals surface area contributed by atoms with Gasteiger partial charge in [-0.1, -0.05) is 66.5 Å². The number of hydrogen-bond donors (Lipinski definition) is 0. The van der Waals surface area contributed by atoms with Crippen molar-refractivity contribution in [2.24, 2.45) is 29.1 Å². The zero-order chi connectivity index (χ0) is 12.0. The molecule has 1 aliphatic carbocycles. The molecule has 0 spiro atoms. The molecule has 0 aromatic rings. The Labute approximate surface area is 96.2 Å². The summed E-state index contributed by atoms with van der Waals surface area (Å²) in [6.45, 7) is 19.0. The smallest absolute Gasteiger partial charge is 0.0178 e. The van der Waals surface area contributed by atoms with Crippen molar-refractivity contribution in [3.63, 3.8) is 0 Å². The highest BCUT2D eigenvalue weighted by Gasteiger charge is 2.57. The first kappa shape index (κ1) is 12.8. The second-order valence-corrected chi connectivity index (χ2v) is 6.32. The second-order valence-electron chi connectivity index (χ2n) is 6.32. The second kappa shape index (κ2) is 3.96. The molecule has 1 rings (SSSR count). The molecular formula is C15H28. The highest BCUT2D eigenvalue weighted by molar-refractivity contribution is 5.52. The first-order valence-corrected chi connectivity index (χ1v) is 6.52. The zero-order valence-electron chi connectivity index (χ0n) is 11.8. The lowest BCUT2D eigenvalue weighted by molar-refractivity contribution is 0.256. The summed E-state index contributed by atoms with van der Waals surface area (Å²) in [5.41, 5.74) is 3.99. The van der Waals surface area contributed by atoms with Crippen molar-refractivity contribution in [3.8, 4) is 0 Å². The molecule has 0 bridgehead atoms. The standard InChI is InChI=1S/C15H28/c1-9(2)13-14(10(3)4)15(13,11(5)6)12(7)8/h9-12H,1-8H3. The number of rotatable bonds is 4. The third-order valence-corrected chi connectivity index (χ3v) is 4.10. The highest BCUT2D eigenvalue weighted by atomic mass is 14.6. The van der Waals surface area contributed by atoms with E-state index in [2.05, 4.69) is 55.4 Å². The Bertz CT molecular complexity index is 236. The van der Waals surface area contributed by atoms with Crippen LogP contribution >= 0.6 is 0 Å². The molecule has 0 aromatic heterocycles. The van der Waals surface area contributed by atoms with Crippen LogP contribution in [0.15, 0.2) is 11.1 Å². The van der Waals surface area contributed by atoms with Crippen molar-refractivity contribution in [2.75, 3.05) is 0 Å². The van der Waals surface area contributed by atoms with E-state index in [1.807, 2.05) is 0 Å². The van der Waals surface area contributed by atoms with Crippen LogP contribution in [0.5, 0.6) is 0 Å². The maximum Gasteiger partial charge on any atom is 0.0178 e. The summed E-state index contributed by atoms with van der Waals surface area (Å²) >= 11 is 0. The van der Waals surface area contributed by atoms with Crippen LogP contribution in [0.4, 0.5) is 0 Å². The van der Waals surface area contributed by atoms with E-state index < -0.39 is 0 Å². The van der Waals surface area contributed by atoms with Crippen molar-refractivity contribution in [1.82, 2.24) is 0 Å². The van der Waals surface area contributed by atoms with Gasteiger partial charge in [-0.3, -0.25) is 0 Å². The van der Waals surface area contributed by atoms with Crippen LogP contribution in [0.25, 0.3) is 0 Å². The predicted molar refractivity (Wildman–Crippen MR) is 68.8 cm³/mol. The van der Waals surface area contributed by atoms with E-state index in [-0.39, 0.29) is 0 Å². The maximum atomic E-state index is 2.39. The van der Waals surface area contributed by atoms with Crippen LogP contribution in [-0.4, -0.2) is 0 Å². The zero-order valence-corrected chi connectivity index (χ0v) is 11.8. The molecule has 88 valence electrons. The van der Waals surface area contributed by atoms with Gasteiger partial charge < -0.3 is 0 Å². The molecule has 0 N–H and O–H groups in total. The van der Waals surface area contributed by atoms with Gasteiger partial charge in [-0.05, 0) is 23.7 Å². The number of allylic oxidation sites excluding steroid dienone is 2. The lowest BCUT2D eigenvalue weighted by Crippen LogP contribution is -2.25. The molecular weight excluding hydrogens is 180 g/mol. The molecule has 1 aliphatic rings. The first-order valence-electron chi connectivity index (χ1n) is 6.52. The van der Waals surface area contributed by atoms with Gasteiger partial charge in [0.05, 0.1) is 0 Å². The van der Waals surface area contributed by atoms with Gasteiger partial charge in [0.25, 0.3) is 0 Å². The Kier molecular flexibility index (Phi) is 3.38. The van der Waals surface area contributed by atoms with Crippen molar-refractivity contribution in [3.05, 3.63) is 11.1 Å². The molecule has 0 fully saturated rings. The molecule has 0 heteroatoms. The van der Waals surface area contributed by atoms with Crippen LogP contribution in [0.3, 0.4) is 0 Å². The number of hydrogen-bond acceptors (Lipinski definition) is 0. The quantitative estimate of drug-likeness (QED) is 0.576. The maximum absolute atomic E-state index is 2.39. The van der Waals surface area contributed by atoms with Crippen LogP contribution < -0.4 is 0 Å². The minimum atomic E-state index is 0.461. The lowest BCUT2D eigenvalue weighted by Gasteiger charge is -2.31. The van der Waals surface area contributed by atoms with Gasteiger partial charge >= 0.3 is 0 Å². The topological polar surface area (TPSA) is 0 Å². The summed E-state index contributed by atoms with van der Waals surface area (Å²) < 4.78 is 0. The highest BCUT2D eigenvalue weighted by Crippen LogP contribution is 2.67. The fourth-order valence-electron chi connectivity index (χ4n) is 3.84. The molecule has 0 radical (unpaired) electrons. The summed E-state index contributed by atoms with van der Waals surface area (Å²) in [5.74, 6) is 2.97. The minimum absolute atomic E-state index is 0.461. The molecule has 15 heavy (non-hydrogen) atoms. The van der Waals surface area contributed by atoms with Crippen molar-refractivity contribution in [2.45, 2.75) is 55.4 Å². The van der Waals surface area contributed by atoms with Crippen LogP contribution in [-0.2, 0) is 0 Å². The van der Waals surface area contributed by atoms with Gasteiger partial charge in [-0.15, -0.1) is 0 Å². The first-order chi connectivity index (χ1) is 6.77. The van der Waals surface area contributed by atoms with Gasteiger partial charge in [-0.25, -0.2) is 0 Å². The lowest BCUT2D eigenvalue weighted by atomic mass is 9.72. The van der Waals surface area contributed by atoms with E-state index >= 15 is 0 Å². The monoisotopic (exact) mass is 208 g/mol. The largest absolute Gasteiger partial charge is 0.0616 e.